The van der Waals surface area contributed by atoms with Crippen LogP contribution in [0.4, 0.5) is 5.69 Å². The minimum absolute atomic E-state index is 0.0689. The van der Waals surface area contributed by atoms with Crippen LogP contribution < -0.4 is 10.6 Å². The lowest BCUT2D eigenvalue weighted by molar-refractivity contribution is 0.803. The Bertz CT molecular complexity index is 374. The van der Waals surface area contributed by atoms with Crippen molar-refractivity contribution in [2.24, 2.45) is 5.73 Å². The molecule has 2 nitrogen and oxygen atoms in total. The van der Waals surface area contributed by atoms with Crippen LogP contribution in [0.15, 0.2) is 35.3 Å². The first-order valence-corrected chi connectivity index (χ1v) is 6.80. The summed E-state index contributed by atoms with van der Waals surface area (Å²) in [5, 5.41) is 0. The monoisotopic (exact) mass is 296 g/mol. The van der Waals surface area contributed by atoms with Crippen LogP contribution in [0.1, 0.15) is 31.9 Å². The highest BCUT2D eigenvalue weighted by molar-refractivity contribution is 9.10. The number of nitrogens with zero attached hydrogens (tertiary/aromatic N) is 1. The number of nitrogens with two attached hydrogens (primary N) is 1. The quantitative estimate of drug-likeness (QED) is 0.808. The van der Waals surface area contributed by atoms with Gasteiger partial charge in [-0.3, -0.25) is 0 Å². The molecule has 1 aromatic carbocycles. The van der Waals surface area contributed by atoms with Gasteiger partial charge in [0.15, 0.2) is 0 Å². The highest BCUT2D eigenvalue weighted by Crippen LogP contribution is 2.29. The molecule has 0 unspecified atom stereocenters. The summed E-state index contributed by atoms with van der Waals surface area (Å²) in [4.78, 5) is 2.31. The maximum atomic E-state index is 5.88. The van der Waals surface area contributed by atoms with Crippen molar-refractivity contribution in [3.8, 4) is 0 Å². The van der Waals surface area contributed by atoms with E-state index in [9.17, 15) is 0 Å². The van der Waals surface area contributed by atoms with Gasteiger partial charge < -0.3 is 10.6 Å². The summed E-state index contributed by atoms with van der Waals surface area (Å²) >= 11 is 3.62. The second kappa shape index (κ2) is 6.82. The number of benzene rings is 1. The molecule has 0 aromatic heterocycles. The lowest BCUT2D eigenvalue weighted by Gasteiger charge is -2.24. The molecule has 0 bridgehead atoms. The Balaban J connectivity index is 2.99. The van der Waals surface area contributed by atoms with Crippen molar-refractivity contribution in [3.05, 3.63) is 40.9 Å². The van der Waals surface area contributed by atoms with Crippen molar-refractivity contribution in [1.29, 1.82) is 0 Å². The van der Waals surface area contributed by atoms with Crippen molar-refractivity contribution in [1.82, 2.24) is 0 Å². The maximum absolute atomic E-state index is 5.88. The fourth-order valence-corrected chi connectivity index (χ4v) is 2.45. The fourth-order valence-electron chi connectivity index (χ4n) is 1.80. The molecule has 0 radical (unpaired) electrons. The molecular formula is C14H21BrN2. The highest BCUT2D eigenvalue weighted by Gasteiger charge is 2.09. The Morgan fingerprint density at radius 3 is 2.71 bits per heavy atom. The summed E-state index contributed by atoms with van der Waals surface area (Å²) in [6, 6.07) is 6.39. The number of rotatable bonds is 6. The van der Waals surface area contributed by atoms with Gasteiger partial charge in [-0.05, 0) is 47.0 Å². The molecule has 3 heteroatoms. The smallest absolute Gasteiger partial charge is 0.0513 e. The van der Waals surface area contributed by atoms with Crippen LogP contribution in [0.25, 0.3) is 0 Å². The van der Waals surface area contributed by atoms with Crippen LogP contribution in [0.5, 0.6) is 0 Å². The van der Waals surface area contributed by atoms with Crippen molar-refractivity contribution < 1.29 is 0 Å². The van der Waals surface area contributed by atoms with E-state index in [1.54, 1.807) is 0 Å². The average molecular weight is 297 g/mol. The zero-order chi connectivity index (χ0) is 12.8. The summed E-state index contributed by atoms with van der Waals surface area (Å²) in [6.45, 7) is 9.88. The summed E-state index contributed by atoms with van der Waals surface area (Å²) in [5.41, 5.74) is 8.23. The van der Waals surface area contributed by atoms with E-state index in [1.165, 1.54) is 5.69 Å². The van der Waals surface area contributed by atoms with E-state index in [0.29, 0.717) is 0 Å². The van der Waals surface area contributed by atoms with Gasteiger partial charge in [-0.1, -0.05) is 19.1 Å². The van der Waals surface area contributed by atoms with Crippen LogP contribution in [0.3, 0.4) is 0 Å². The molecule has 0 aliphatic heterocycles. The molecule has 17 heavy (non-hydrogen) atoms. The average Bonchev–Trinajstić information content (AvgIpc) is 2.28. The maximum Gasteiger partial charge on any atom is 0.0513 e. The van der Waals surface area contributed by atoms with Crippen molar-refractivity contribution >= 4 is 21.6 Å². The van der Waals surface area contributed by atoms with Gasteiger partial charge in [-0.2, -0.15) is 0 Å². The fraction of sp³-hybridized carbons (Fsp3) is 0.429. The zero-order valence-electron chi connectivity index (χ0n) is 10.6. The molecule has 0 aliphatic carbocycles. The minimum Gasteiger partial charge on any atom is -0.367 e. The largest absolute Gasteiger partial charge is 0.367 e. The molecule has 0 aliphatic rings. The molecule has 0 fully saturated rings. The molecule has 1 rings (SSSR count). The van der Waals surface area contributed by atoms with Crippen LogP contribution in [0.2, 0.25) is 0 Å². The number of halogens is 1. The first-order chi connectivity index (χ1) is 8.10. The van der Waals surface area contributed by atoms with Crippen LogP contribution in [-0.2, 0) is 0 Å². The number of hydrogen-bond donors (Lipinski definition) is 1. The molecule has 0 saturated heterocycles. The normalized spacial score (nSPS) is 12.2. The standard InChI is InChI=1S/C14H21BrN2/c1-4-8-17(9-5-2)14-7-6-12(11(3)16)10-13(14)15/h4,6-7,10-11H,1,5,8-9,16H2,2-3H3/t11-/m0/s1. The first kappa shape index (κ1) is 14.3. The Morgan fingerprint density at radius 2 is 2.24 bits per heavy atom. The van der Waals surface area contributed by atoms with E-state index in [0.717, 1.165) is 29.5 Å². The van der Waals surface area contributed by atoms with Gasteiger partial charge in [0.2, 0.25) is 0 Å². The van der Waals surface area contributed by atoms with Crippen molar-refractivity contribution in [2.75, 3.05) is 18.0 Å². The van der Waals surface area contributed by atoms with Crippen LogP contribution in [-0.4, -0.2) is 13.1 Å². The lowest BCUT2D eigenvalue weighted by Crippen LogP contribution is -2.24. The van der Waals surface area contributed by atoms with E-state index >= 15 is 0 Å². The summed E-state index contributed by atoms with van der Waals surface area (Å²) < 4.78 is 1.10. The summed E-state index contributed by atoms with van der Waals surface area (Å²) in [6.07, 6.45) is 3.05. The van der Waals surface area contributed by atoms with Gasteiger partial charge in [0.25, 0.3) is 0 Å². The third-order valence-corrected chi connectivity index (χ3v) is 3.32. The van der Waals surface area contributed by atoms with Crippen LogP contribution >= 0.6 is 15.9 Å². The molecule has 1 atom stereocenters. The number of anilines is 1. The van der Waals surface area contributed by atoms with Gasteiger partial charge in [0.1, 0.15) is 0 Å². The van der Waals surface area contributed by atoms with E-state index in [2.05, 4.69) is 52.5 Å². The molecule has 94 valence electrons. The minimum atomic E-state index is 0.0689. The molecule has 0 spiro atoms. The lowest BCUT2D eigenvalue weighted by atomic mass is 10.1. The molecule has 2 N–H and O–H groups in total. The topological polar surface area (TPSA) is 29.3 Å². The third-order valence-electron chi connectivity index (χ3n) is 2.68. The molecule has 1 aromatic rings. The molecule has 0 saturated carbocycles. The Morgan fingerprint density at radius 1 is 1.53 bits per heavy atom. The van der Waals surface area contributed by atoms with Crippen molar-refractivity contribution in [2.45, 2.75) is 26.3 Å². The molecular weight excluding hydrogens is 276 g/mol. The Hall–Kier alpha value is -0.800. The second-order valence-corrected chi connectivity index (χ2v) is 5.09. The highest BCUT2D eigenvalue weighted by atomic mass is 79.9. The van der Waals surface area contributed by atoms with Crippen LogP contribution in [0, 0.1) is 0 Å². The molecule has 0 heterocycles. The van der Waals surface area contributed by atoms with Gasteiger partial charge in [-0.25, -0.2) is 0 Å². The van der Waals surface area contributed by atoms with E-state index in [4.69, 9.17) is 5.73 Å². The molecule has 0 amide bonds. The van der Waals surface area contributed by atoms with Gasteiger partial charge >= 0.3 is 0 Å². The van der Waals surface area contributed by atoms with Crippen molar-refractivity contribution in [3.63, 3.8) is 0 Å². The number of hydrogen-bond acceptors (Lipinski definition) is 2. The third kappa shape index (κ3) is 3.86. The van der Waals surface area contributed by atoms with Gasteiger partial charge in [-0.15, -0.1) is 6.58 Å². The van der Waals surface area contributed by atoms with E-state index in [1.807, 2.05) is 13.0 Å². The van der Waals surface area contributed by atoms with E-state index < -0.39 is 0 Å². The second-order valence-electron chi connectivity index (χ2n) is 4.23. The van der Waals surface area contributed by atoms with Gasteiger partial charge in [0, 0.05) is 23.6 Å². The predicted octanol–water partition coefficient (Wildman–Crippen LogP) is 3.87. The van der Waals surface area contributed by atoms with Gasteiger partial charge in [0.05, 0.1) is 5.69 Å². The van der Waals surface area contributed by atoms with E-state index in [-0.39, 0.29) is 6.04 Å². The Labute approximate surface area is 113 Å². The zero-order valence-corrected chi connectivity index (χ0v) is 12.2. The SMILES string of the molecule is C=CCN(CCC)c1ccc([C@H](C)N)cc1Br. The Kier molecular flexibility index (Phi) is 5.72. The summed E-state index contributed by atoms with van der Waals surface area (Å²) in [5.74, 6) is 0. The summed E-state index contributed by atoms with van der Waals surface area (Å²) in [7, 11) is 0. The first-order valence-electron chi connectivity index (χ1n) is 6.01. The predicted molar refractivity (Wildman–Crippen MR) is 79.4 cm³/mol.